The molecule has 3 unspecified atom stereocenters. The molecule has 6 rings (SSSR count). The predicted octanol–water partition coefficient (Wildman–Crippen LogP) is 3.74. The minimum absolute atomic E-state index is 0.0384. The molecular formula is C26H32N2O4. The van der Waals surface area contributed by atoms with E-state index in [-0.39, 0.29) is 28.8 Å². The summed E-state index contributed by atoms with van der Waals surface area (Å²) in [6.07, 6.45) is 12.5. The molecule has 0 radical (unpaired) electrons. The number of hydrogen-bond acceptors (Lipinski definition) is 4. The smallest absolute Gasteiger partial charge is 0.251 e. The molecule has 0 aromatic heterocycles. The molecule has 32 heavy (non-hydrogen) atoms. The Morgan fingerprint density at radius 1 is 0.938 bits per heavy atom. The number of methoxy groups -OCH3 is 2. The summed E-state index contributed by atoms with van der Waals surface area (Å²) in [5, 5.41) is 6.85. The molecule has 4 bridgehead atoms. The van der Waals surface area contributed by atoms with E-state index in [9.17, 15) is 9.59 Å². The zero-order valence-electron chi connectivity index (χ0n) is 18.9. The monoisotopic (exact) mass is 436 g/mol. The standard InChI is InChI=1S/C26H32N2O4/c1-31-21-7-3-19(4-8-21)23(29)27-25-12-17-11-18(13-25)15-26(14-17,16-25)28-24(30)20-5-9-22(32-2)10-6-20/h3-5,7-10,17-18,20H,6,11-16H2,1-2H3,(H,27,29)(H,28,30). The summed E-state index contributed by atoms with van der Waals surface area (Å²) < 4.78 is 10.5. The first-order valence-corrected chi connectivity index (χ1v) is 11.6. The molecule has 3 atom stereocenters. The number of hydrogen-bond donors (Lipinski definition) is 2. The molecule has 6 heteroatoms. The highest BCUT2D eigenvalue weighted by Crippen LogP contribution is 2.57. The third-order valence-corrected chi connectivity index (χ3v) is 7.82. The number of allylic oxidation sites excluding steroid dienone is 2. The van der Waals surface area contributed by atoms with Crippen LogP contribution < -0.4 is 15.4 Å². The van der Waals surface area contributed by atoms with Gasteiger partial charge >= 0.3 is 0 Å². The van der Waals surface area contributed by atoms with Crippen LogP contribution in [0.5, 0.6) is 5.75 Å². The molecule has 2 amide bonds. The van der Waals surface area contributed by atoms with Gasteiger partial charge in [-0.05, 0) is 93.2 Å². The topological polar surface area (TPSA) is 76.7 Å². The Morgan fingerprint density at radius 3 is 2.16 bits per heavy atom. The Kier molecular flexibility index (Phi) is 5.26. The van der Waals surface area contributed by atoms with E-state index in [0.717, 1.165) is 43.6 Å². The summed E-state index contributed by atoms with van der Waals surface area (Å²) in [7, 11) is 3.26. The highest BCUT2D eigenvalue weighted by Gasteiger charge is 2.58. The average Bonchev–Trinajstić information content (AvgIpc) is 2.77. The van der Waals surface area contributed by atoms with Crippen LogP contribution in [0.2, 0.25) is 0 Å². The molecule has 5 aliphatic rings. The molecule has 2 N–H and O–H groups in total. The number of amides is 2. The lowest BCUT2D eigenvalue weighted by atomic mass is 9.49. The summed E-state index contributed by atoms with van der Waals surface area (Å²) in [6.45, 7) is 0. The summed E-state index contributed by atoms with van der Waals surface area (Å²) in [4.78, 5) is 26.2. The van der Waals surface area contributed by atoms with Crippen LogP contribution in [0.3, 0.4) is 0 Å². The van der Waals surface area contributed by atoms with Gasteiger partial charge in [0.2, 0.25) is 5.91 Å². The molecule has 4 fully saturated rings. The van der Waals surface area contributed by atoms with Crippen molar-refractivity contribution in [1.82, 2.24) is 10.6 Å². The first-order valence-electron chi connectivity index (χ1n) is 11.6. The van der Waals surface area contributed by atoms with Crippen LogP contribution in [0.1, 0.15) is 55.3 Å². The van der Waals surface area contributed by atoms with E-state index in [1.165, 1.54) is 6.42 Å². The first kappa shape index (κ1) is 21.1. The Bertz CT molecular complexity index is 951. The summed E-state index contributed by atoms with van der Waals surface area (Å²) in [6, 6.07) is 7.25. The third kappa shape index (κ3) is 3.91. The van der Waals surface area contributed by atoms with Gasteiger partial charge in [0.1, 0.15) is 11.5 Å². The zero-order chi connectivity index (χ0) is 22.3. The van der Waals surface area contributed by atoms with Crippen molar-refractivity contribution in [2.24, 2.45) is 17.8 Å². The van der Waals surface area contributed by atoms with E-state index in [4.69, 9.17) is 9.47 Å². The average molecular weight is 437 g/mol. The fourth-order valence-electron chi connectivity index (χ4n) is 6.91. The lowest BCUT2D eigenvalue weighted by Crippen LogP contribution is -2.70. The summed E-state index contributed by atoms with van der Waals surface area (Å²) in [5.74, 6) is 2.54. The van der Waals surface area contributed by atoms with Gasteiger partial charge in [0.25, 0.3) is 5.91 Å². The van der Waals surface area contributed by atoms with Gasteiger partial charge in [0, 0.05) is 16.6 Å². The van der Waals surface area contributed by atoms with Crippen LogP contribution in [0, 0.1) is 17.8 Å². The van der Waals surface area contributed by atoms with E-state index < -0.39 is 0 Å². The van der Waals surface area contributed by atoms with Gasteiger partial charge in [-0.3, -0.25) is 9.59 Å². The van der Waals surface area contributed by atoms with Gasteiger partial charge in [-0.1, -0.05) is 6.08 Å². The molecule has 0 saturated heterocycles. The predicted molar refractivity (Wildman–Crippen MR) is 121 cm³/mol. The zero-order valence-corrected chi connectivity index (χ0v) is 18.9. The fraction of sp³-hybridized carbons (Fsp3) is 0.538. The van der Waals surface area contributed by atoms with Crippen LogP contribution in [-0.4, -0.2) is 37.1 Å². The highest BCUT2D eigenvalue weighted by atomic mass is 16.5. The number of rotatable bonds is 6. The largest absolute Gasteiger partial charge is 0.497 e. The maximum absolute atomic E-state index is 13.2. The molecule has 0 aliphatic heterocycles. The molecule has 1 aromatic carbocycles. The van der Waals surface area contributed by atoms with Crippen LogP contribution >= 0.6 is 0 Å². The third-order valence-electron chi connectivity index (χ3n) is 7.82. The van der Waals surface area contributed by atoms with E-state index in [1.807, 2.05) is 42.5 Å². The number of ether oxygens (including phenoxy) is 2. The lowest BCUT2D eigenvalue weighted by molar-refractivity contribution is -0.130. The second kappa shape index (κ2) is 7.98. The minimum Gasteiger partial charge on any atom is -0.497 e. The van der Waals surface area contributed by atoms with E-state index >= 15 is 0 Å². The second-order valence-electron chi connectivity index (χ2n) is 10.2. The molecule has 1 aromatic rings. The maximum atomic E-state index is 13.2. The normalized spacial score (nSPS) is 34.6. The maximum Gasteiger partial charge on any atom is 0.251 e. The van der Waals surface area contributed by atoms with Crippen molar-refractivity contribution < 1.29 is 19.1 Å². The van der Waals surface area contributed by atoms with Crippen molar-refractivity contribution >= 4 is 11.8 Å². The van der Waals surface area contributed by atoms with Crippen molar-refractivity contribution in [1.29, 1.82) is 0 Å². The van der Waals surface area contributed by atoms with Crippen molar-refractivity contribution in [2.75, 3.05) is 14.2 Å². The van der Waals surface area contributed by atoms with Gasteiger partial charge in [0.15, 0.2) is 0 Å². The highest BCUT2D eigenvalue weighted by molar-refractivity contribution is 5.95. The van der Waals surface area contributed by atoms with Crippen LogP contribution in [0.4, 0.5) is 0 Å². The van der Waals surface area contributed by atoms with E-state index in [1.54, 1.807) is 14.2 Å². The fourth-order valence-corrected chi connectivity index (χ4v) is 6.91. The van der Waals surface area contributed by atoms with Crippen molar-refractivity contribution in [3.8, 4) is 5.75 Å². The lowest BCUT2D eigenvalue weighted by Gasteiger charge is -2.62. The van der Waals surface area contributed by atoms with Crippen molar-refractivity contribution in [2.45, 2.75) is 56.0 Å². The molecule has 4 saturated carbocycles. The van der Waals surface area contributed by atoms with Gasteiger partial charge in [-0.25, -0.2) is 0 Å². The molecule has 0 spiro atoms. The molecule has 0 heterocycles. The van der Waals surface area contributed by atoms with Gasteiger partial charge < -0.3 is 20.1 Å². The molecule has 6 nitrogen and oxygen atoms in total. The summed E-state index contributed by atoms with van der Waals surface area (Å²) in [5.41, 5.74) is 0.195. The quantitative estimate of drug-likeness (QED) is 0.712. The number of nitrogens with one attached hydrogen (secondary N) is 2. The van der Waals surface area contributed by atoms with E-state index in [2.05, 4.69) is 10.6 Å². The van der Waals surface area contributed by atoms with Crippen LogP contribution in [0.15, 0.2) is 48.3 Å². The molecule has 5 aliphatic carbocycles. The Labute approximate surface area is 189 Å². The van der Waals surface area contributed by atoms with Gasteiger partial charge in [-0.15, -0.1) is 0 Å². The summed E-state index contributed by atoms with van der Waals surface area (Å²) >= 11 is 0. The number of benzene rings is 1. The molecule has 170 valence electrons. The van der Waals surface area contributed by atoms with Crippen LogP contribution in [0.25, 0.3) is 0 Å². The minimum atomic E-state index is -0.236. The Balaban J connectivity index is 1.30. The van der Waals surface area contributed by atoms with Gasteiger partial charge in [-0.2, -0.15) is 0 Å². The Hall–Kier alpha value is -2.76. The van der Waals surface area contributed by atoms with Gasteiger partial charge in [0.05, 0.1) is 20.1 Å². The molecular weight excluding hydrogens is 404 g/mol. The number of carbonyl (C=O) groups excluding carboxylic acids is 2. The Morgan fingerprint density at radius 2 is 1.59 bits per heavy atom. The van der Waals surface area contributed by atoms with Crippen LogP contribution in [-0.2, 0) is 9.53 Å². The first-order chi connectivity index (χ1) is 15.4. The van der Waals surface area contributed by atoms with Crippen molar-refractivity contribution in [3.05, 3.63) is 53.8 Å². The second-order valence-corrected chi connectivity index (χ2v) is 10.2. The van der Waals surface area contributed by atoms with Crippen molar-refractivity contribution in [3.63, 3.8) is 0 Å². The van der Waals surface area contributed by atoms with E-state index in [0.29, 0.717) is 23.8 Å². The SMILES string of the molecule is COC1=CCC(C(=O)NC23CC4CC(CC(NC(=O)c5ccc(OC)cc5)(C4)C2)C3)C=C1. The number of carbonyl (C=O) groups is 2.